The molecule has 0 spiro atoms. The van der Waals surface area contributed by atoms with Crippen molar-refractivity contribution in [2.75, 3.05) is 0 Å². The van der Waals surface area contributed by atoms with Gasteiger partial charge >= 0.3 is 5.25 Å². The molecule has 7 heteroatoms. The Hall–Kier alpha value is -1.18. The number of ether oxygens (including phenoxy) is 1. The number of rotatable bonds is 2. The molecule has 0 amide bonds. The van der Waals surface area contributed by atoms with E-state index in [1.54, 1.807) is 24.5 Å². The van der Waals surface area contributed by atoms with E-state index in [0.29, 0.717) is 38.2 Å². The minimum atomic E-state index is -2.96. The number of aliphatic hydroxyl groups is 1. The van der Waals surface area contributed by atoms with Crippen molar-refractivity contribution in [3.05, 3.63) is 46.2 Å². The molecule has 1 unspecified atom stereocenters. The van der Waals surface area contributed by atoms with Crippen LogP contribution in [0.5, 0.6) is 11.5 Å². The first kappa shape index (κ1) is 15.7. The maximum Gasteiger partial charge on any atom is 0.301 e. The number of nitrogens with zero attached hydrogens (tertiary/aromatic N) is 1. The molecule has 116 valence electrons. The van der Waals surface area contributed by atoms with Crippen LogP contribution in [0.4, 0.5) is 8.78 Å². The Morgan fingerprint density at radius 3 is 2.91 bits per heavy atom. The summed E-state index contributed by atoms with van der Waals surface area (Å²) in [7, 11) is 0. The molecule has 1 N–H and O–H groups in total. The smallest absolute Gasteiger partial charge is 0.301 e. The van der Waals surface area contributed by atoms with Crippen LogP contribution in [0, 0.1) is 6.92 Å². The zero-order valence-corrected chi connectivity index (χ0v) is 13.9. The summed E-state index contributed by atoms with van der Waals surface area (Å²) in [5, 5.41) is 7.06. The summed E-state index contributed by atoms with van der Waals surface area (Å²) in [6, 6.07) is 4.96. The predicted molar refractivity (Wildman–Crippen MR) is 83.6 cm³/mol. The van der Waals surface area contributed by atoms with E-state index in [1.165, 1.54) is 0 Å². The van der Waals surface area contributed by atoms with Gasteiger partial charge in [0.15, 0.2) is 0 Å². The van der Waals surface area contributed by atoms with Crippen LogP contribution in [0.3, 0.4) is 0 Å². The summed E-state index contributed by atoms with van der Waals surface area (Å²) < 4.78 is 33.2. The highest BCUT2D eigenvalue weighted by molar-refractivity contribution is 9.10. The number of benzene rings is 1. The van der Waals surface area contributed by atoms with Crippen LogP contribution in [-0.2, 0) is 0 Å². The molecular formula is C15H12BrF2NO2S. The number of hydrogen-bond acceptors (Lipinski definition) is 4. The van der Waals surface area contributed by atoms with Crippen molar-refractivity contribution in [1.82, 2.24) is 4.98 Å². The second-order valence-electron chi connectivity index (χ2n) is 5.05. The molecule has 0 bridgehead atoms. The lowest BCUT2D eigenvalue weighted by atomic mass is 10.1. The van der Waals surface area contributed by atoms with Gasteiger partial charge < -0.3 is 9.84 Å². The number of halogens is 3. The van der Waals surface area contributed by atoms with Crippen molar-refractivity contribution in [3.8, 4) is 11.5 Å². The zero-order valence-electron chi connectivity index (χ0n) is 11.5. The molecule has 1 aliphatic heterocycles. The molecule has 0 radical (unpaired) electrons. The topological polar surface area (TPSA) is 42.4 Å². The van der Waals surface area contributed by atoms with E-state index in [0.717, 1.165) is 5.56 Å². The molecular weight excluding hydrogens is 376 g/mol. The molecule has 1 aromatic heterocycles. The van der Waals surface area contributed by atoms with Crippen molar-refractivity contribution in [3.63, 3.8) is 0 Å². The lowest BCUT2D eigenvalue weighted by molar-refractivity contribution is 0.0271. The van der Waals surface area contributed by atoms with Gasteiger partial charge in [-0.2, -0.15) is 8.78 Å². The zero-order chi connectivity index (χ0) is 15.9. The van der Waals surface area contributed by atoms with Crippen LogP contribution in [0.15, 0.2) is 40.0 Å². The summed E-state index contributed by atoms with van der Waals surface area (Å²) in [5.41, 5.74) is 1.39. The van der Waals surface area contributed by atoms with E-state index in [-0.39, 0.29) is 0 Å². The minimum Gasteiger partial charge on any atom is -0.455 e. The van der Waals surface area contributed by atoms with Gasteiger partial charge in [0.2, 0.25) is 0 Å². The Kier molecular flexibility index (Phi) is 4.13. The van der Waals surface area contributed by atoms with Crippen LogP contribution in [-0.4, -0.2) is 15.3 Å². The quantitative estimate of drug-likeness (QED) is 0.781. The molecule has 2 heterocycles. The number of aliphatic hydroxyl groups excluding tert-OH is 1. The average molecular weight is 388 g/mol. The van der Waals surface area contributed by atoms with Gasteiger partial charge in [-0.05, 0) is 46.6 Å². The second-order valence-corrected chi connectivity index (χ2v) is 7.08. The van der Waals surface area contributed by atoms with Gasteiger partial charge in [-0.3, -0.25) is 4.98 Å². The van der Waals surface area contributed by atoms with E-state index < -0.39 is 17.8 Å². The summed E-state index contributed by atoms with van der Waals surface area (Å²) in [6.07, 6.45) is 1.42. The van der Waals surface area contributed by atoms with E-state index in [4.69, 9.17) is 4.74 Å². The Morgan fingerprint density at radius 1 is 1.41 bits per heavy atom. The molecule has 0 aliphatic carbocycles. The first-order valence-corrected chi connectivity index (χ1v) is 8.13. The van der Waals surface area contributed by atoms with Crippen LogP contribution in [0.25, 0.3) is 0 Å². The maximum atomic E-state index is 13.5. The Balaban J connectivity index is 1.97. The second kappa shape index (κ2) is 5.79. The first-order valence-electron chi connectivity index (χ1n) is 6.52. The predicted octanol–water partition coefficient (Wildman–Crippen LogP) is 5.07. The number of aromatic nitrogens is 1. The van der Waals surface area contributed by atoms with Gasteiger partial charge in [0.1, 0.15) is 11.5 Å². The van der Waals surface area contributed by atoms with Gasteiger partial charge in [0, 0.05) is 16.7 Å². The van der Waals surface area contributed by atoms with Gasteiger partial charge in [-0.25, -0.2) is 0 Å². The minimum absolute atomic E-state index is 0.352. The largest absolute Gasteiger partial charge is 0.455 e. The van der Waals surface area contributed by atoms with E-state index in [2.05, 4.69) is 20.9 Å². The Bertz CT molecular complexity index is 727. The third-order valence-corrected chi connectivity index (χ3v) is 5.06. The van der Waals surface area contributed by atoms with Gasteiger partial charge in [0.25, 0.3) is 0 Å². The highest BCUT2D eigenvalue weighted by atomic mass is 79.9. The molecule has 1 aromatic carbocycles. The molecule has 22 heavy (non-hydrogen) atoms. The summed E-state index contributed by atoms with van der Waals surface area (Å²) in [4.78, 5) is 4.39. The average Bonchev–Trinajstić information content (AvgIpc) is 2.40. The standard InChI is InChI=1S/C15H12BrF2NO2S/c1-8-4-9(7-19-6-8)21-11-2-3-12-13(14(11)16)10(20)5-15(17,18)22-12/h2-4,6-7,10,20H,5H2,1H3. The fourth-order valence-corrected chi connectivity index (χ4v) is 4.14. The maximum absolute atomic E-state index is 13.5. The summed E-state index contributed by atoms with van der Waals surface area (Å²) in [6.45, 7) is 1.89. The molecule has 1 atom stereocenters. The number of fused-ring (bicyclic) bond motifs is 1. The van der Waals surface area contributed by atoms with Crippen LogP contribution < -0.4 is 4.74 Å². The molecule has 0 fully saturated rings. The number of aryl methyl sites for hydroxylation is 1. The van der Waals surface area contributed by atoms with E-state index >= 15 is 0 Å². The van der Waals surface area contributed by atoms with Crippen LogP contribution in [0.2, 0.25) is 0 Å². The number of thioether (sulfide) groups is 1. The molecule has 2 aromatic rings. The van der Waals surface area contributed by atoms with Crippen LogP contribution >= 0.6 is 27.7 Å². The third-order valence-electron chi connectivity index (χ3n) is 3.21. The number of hydrogen-bond donors (Lipinski definition) is 1. The lowest BCUT2D eigenvalue weighted by Gasteiger charge is -2.29. The van der Waals surface area contributed by atoms with Gasteiger partial charge in [0.05, 0.1) is 23.2 Å². The van der Waals surface area contributed by atoms with Crippen molar-refractivity contribution in [2.24, 2.45) is 0 Å². The Labute approximate surface area is 138 Å². The van der Waals surface area contributed by atoms with E-state index in [9.17, 15) is 13.9 Å². The summed E-state index contributed by atoms with van der Waals surface area (Å²) in [5.74, 6) is 1.000. The van der Waals surface area contributed by atoms with Gasteiger partial charge in [-0.15, -0.1) is 0 Å². The molecule has 3 nitrogen and oxygen atoms in total. The highest BCUT2D eigenvalue weighted by Crippen LogP contribution is 2.53. The normalized spacial score (nSPS) is 19.6. The highest BCUT2D eigenvalue weighted by Gasteiger charge is 2.41. The third kappa shape index (κ3) is 3.11. The summed E-state index contributed by atoms with van der Waals surface area (Å²) >= 11 is 3.82. The fraction of sp³-hybridized carbons (Fsp3) is 0.267. The SMILES string of the molecule is Cc1cncc(Oc2ccc3c(c2Br)C(O)CC(F)(F)S3)c1. The number of pyridine rings is 1. The van der Waals surface area contributed by atoms with Crippen molar-refractivity contribution >= 4 is 27.7 Å². The van der Waals surface area contributed by atoms with Crippen molar-refractivity contribution < 1.29 is 18.6 Å². The monoisotopic (exact) mass is 387 g/mol. The van der Waals surface area contributed by atoms with E-state index in [1.807, 2.05) is 13.0 Å². The lowest BCUT2D eigenvalue weighted by Crippen LogP contribution is -2.21. The molecule has 0 saturated carbocycles. The van der Waals surface area contributed by atoms with Crippen molar-refractivity contribution in [2.45, 2.75) is 29.6 Å². The fourth-order valence-electron chi connectivity index (χ4n) is 2.27. The molecule has 3 rings (SSSR count). The molecule has 0 saturated heterocycles. The number of alkyl halides is 2. The Morgan fingerprint density at radius 2 is 2.18 bits per heavy atom. The van der Waals surface area contributed by atoms with Crippen LogP contribution in [0.1, 0.15) is 23.7 Å². The first-order chi connectivity index (χ1) is 10.4. The van der Waals surface area contributed by atoms with Gasteiger partial charge in [-0.1, -0.05) is 11.8 Å². The van der Waals surface area contributed by atoms with Crippen molar-refractivity contribution in [1.29, 1.82) is 0 Å². The molecule has 1 aliphatic rings.